The summed E-state index contributed by atoms with van der Waals surface area (Å²) in [6, 6.07) is 0. The molecular formula is C7H16O7S2. The Morgan fingerprint density at radius 3 is 1.25 bits per heavy atom. The molecule has 0 amide bonds. The standard InChI is InChI=1S/C7H16O7S2/c1-5(8)15(11,12)3-7(10)4-16(13,14)6(2)9/h5-10H,3-4H2,1-2H3. The number of hydrogen-bond acceptors (Lipinski definition) is 7. The summed E-state index contributed by atoms with van der Waals surface area (Å²) in [5, 5.41) is 26.9. The highest BCUT2D eigenvalue weighted by Crippen LogP contribution is 2.06. The number of hydrogen-bond donors (Lipinski definition) is 3. The van der Waals surface area contributed by atoms with Crippen LogP contribution < -0.4 is 0 Å². The highest BCUT2D eigenvalue weighted by molar-refractivity contribution is 7.92. The molecule has 0 aromatic carbocycles. The van der Waals surface area contributed by atoms with E-state index >= 15 is 0 Å². The maximum atomic E-state index is 11.1. The lowest BCUT2D eigenvalue weighted by molar-refractivity contribution is 0.210. The van der Waals surface area contributed by atoms with Gasteiger partial charge in [-0.1, -0.05) is 0 Å². The minimum Gasteiger partial charge on any atom is -0.391 e. The van der Waals surface area contributed by atoms with E-state index in [1.165, 1.54) is 0 Å². The van der Waals surface area contributed by atoms with Gasteiger partial charge in [0, 0.05) is 0 Å². The topological polar surface area (TPSA) is 129 Å². The Morgan fingerprint density at radius 2 is 1.06 bits per heavy atom. The smallest absolute Gasteiger partial charge is 0.179 e. The highest BCUT2D eigenvalue weighted by Gasteiger charge is 2.28. The van der Waals surface area contributed by atoms with Crippen LogP contribution >= 0.6 is 0 Å². The van der Waals surface area contributed by atoms with Crippen LogP contribution in [0.15, 0.2) is 0 Å². The first-order chi connectivity index (χ1) is 6.99. The van der Waals surface area contributed by atoms with Crippen LogP contribution in [0.3, 0.4) is 0 Å². The Hall–Kier alpha value is -0.220. The van der Waals surface area contributed by atoms with Crippen LogP contribution in [0.5, 0.6) is 0 Å². The third-order valence-electron chi connectivity index (χ3n) is 1.89. The molecule has 0 saturated heterocycles. The van der Waals surface area contributed by atoms with E-state index in [1.807, 2.05) is 0 Å². The summed E-state index contributed by atoms with van der Waals surface area (Å²) < 4.78 is 44.5. The summed E-state index contributed by atoms with van der Waals surface area (Å²) in [6.45, 7) is 2.01. The zero-order valence-electron chi connectivity index (χ0n) is 8.94. The van der Waals surface area contributed by atoms with Gasteiger partial charge < -0.3 is 15.3 Å². The maximum Gasteiger partial charge on any atom is 0.179 e. The molecule has 98 valence electrons. The summed E-state index contributed by atoms with van der Waals surface area (Å²) in [6.07, 6.45) is -1.67. The molecule has 0 aromatic heterocycles. The van der Waals surface area contributed by atoms with E-state index in [-0.39, 0.29) is 0 Å². The summed E-state index contributed by atoms with van der Waals surface area (Å²) in [5.74, 6) is -1.73. The Bertz CT molecular complexity index is 366. The van der Waals surface area contributed by atoms with Gasteiger partial charge in [0.05, 0.1) is 17.6 Å². The van der Waals surface area contributed by atoms with Gasteiger partial charge >= 0.3 is 0 Å². The molecule has 0 aliphatic rings. The van der Waals surface area contributed by atoms with Crippen LogP contribution in [0.4, 0.5) is 0 Å². The number of aliphatic hydroxyl groups excluding tert-OH is 3. The third-order valence-corrected chi connectivity index (χ3v) is 5.67. The van der Waals surface area contributed by atoms with Gasteiger partial charge in [0.2, 0.25) is 0 Å². The van der Waals surface area contributed by atoms with Gasteiger partial charge in [-0.25, -0.2) is 16.8 Å². The fraction of sp³-hybridized carbons (Fsp3) is 1.00. The van der Waals surface area contributed by atoms with Crippen molar-refractivity contribution in [2.24, 2.45) is 0 Å². The predicted octanol–water partition coefficient (Wildman–Crippen LogP) is -2.15. The maximum absolute atomic E-state index is 11.1. The van der Waals surface area contributed by atoms with Crippen LogP contribution in [0, 0.1) is 0 Å². The van der Waals surface area contributed by atoms with E-state index < -0.39 is 48.2 Å². The van der Waals surface area contributed by atoms with Gasteiger partial charge in [-0.05, 0) is 13.8 Å². The molecule has 3 N–H and O–H groups in total. The molecule has 0 fully saturated rings. The molecule has 0 rings (SSSR count). The Kier molecular flexibility index (Phi) is 5.33. The van der Waals surface area contributed by atoms with Crippen molar-refractivity contribution >= 4 is 19.7 Å². The number of aliphatic hydroxyl groups is 3. The fourth-order valence-corrected chi connectivity index (χ4v) is 2.88. The van der Waals surface area contributed by atoms with Gasteiger partial charge in [0.15, 0.2) is 30.5 Å². The lowest BCUT2D eigenvalue weighted by atomic mass is 10.5. The first-order valence-corrected chi connectivity index (χ1v) is 7.89. The van der Waals surface area contributed by atoms with E-state index in [2.05, 4.69) is 0 Å². The van der Waals surface area contributed by atoms with E-state index in [0.717, 1.165) is 13.8 Å². The van der Waals surface area contributed by atoms with Crippen LogP contribution in [-0.2, 0) is 19.7 Å². The van der Waals surface area contributed by atoms with E-state index in [4.69, 9.17) is 10.2 Å². The predicted molar refractivity (Wildman–Crippen MR) is 56.9 cm³/mol. The van der Waals surface area contributed by atoms with Crippen molar-refractivity contribution in [3.8, 4) is 0 Å². The average molecular weight is 276 g/mol. The normalized spacial score (nSPS) is 19.1. The second-order valence-corrected chi connectivity index (χ2v) is 8.19. The highest BCUT2D eigenvalue weighted by atomic mass is 32.2. The molecule has 0 aromatic rings. The molecule has 0 aliphatic heterocycles. The molecule has 0 heterocycles. The minimum absolute atomic E-state index is 0.864. The van der Waals surface area contributed by atoms with Crippen molar-refractivity contribution in [1.82, 2.24) is 0 Å². The van der Waals surface area contributed by atoms with Crippen molar-refractivity contribution in [3.05, 3.63) is 0 Å². The SMILES string of the molecule is CC(O)S(=O)(=O)CC(O)CS(=O)(=O)C(C)O. The molecule has 0 spiro atoms. The van der Waals surface area contributed by atoms with Crippen LogP contribution in [-0.4, -0.2) is 60.6 Å². The molecule has 0 bridgehead atoms. The second-order valence-electron chi connectivity index (χ2n) is 3.51. The molecule has 0 aliphatic carbocycles. The Balaban J connectivity index is 4.60. The van der Waals surface area contributed by atoms with Crippen LogP contribution in [0.25, 0.3) is 0 Å². The second kappa shape index (κ2) is 5.41. The van der Waals surface area contributed by atoms with E-state index in [0.29, 0.717) is 0 Å². The van der Waals surface area contributed by atoms with Gasteiger partial charge in [-0.15, -0.1) is 0 Å². The molecule has 16 heavy (non-hydrogen) atoms. The first-order valence-electron chi connectivity index (χ1n) is 4.46. The van der Waals surface area contributed by atoms with Crippen molar-refractivity contribution in [1.29, 1.82) is 0 Å². The number of sulfone groups is 2. The van der Waals surface area contributed by atoms with Crippen molar-refractivity contribution in [2.45, 2.75) is 30.8 Å². The van der Waals surface area contributed by atoms with Crippen molar-refractivity contribution < 1.29 is 32.2 Å². The largest absolute Gasteiger partial charge is 0.391 e. The van der Waals surface area contributed by atoms with Crippen molar-refractivity contribution in [2.75, 3.05) is 11.5 Å². The van der Waals surface area contributed by atoms with E-state index in [1.54, 1.807) is 0 Å². The summed E-state index contributed by atoms with van der Waals surface area (Å²) in [4.78, 5) is 0. The Morgan fingerprint density at radius 1 is 0.812 bits per heavy atom. The van der Waals surface area contributed by atoms with Crippen molar-refractivity contribution in [3.63, 3.8) is 0 Å². The number of rotatable bonds is 6. The zero-order chi connectivity index (χ0) is 13.1. The fourth-order valence-electron chi connectivity index (χ4n) is 0.863. The summed E-state index contributed by atoms with van der Waals surface area (Å²) in [7, 11) is -7.87. The monoisotopic (exact) mass is 276 g/mol. The van der Waals surface area contributed by atoms with Gasteiger partial charge in [0.1, 0.15) is 0 Å². The average Bonchev–Trinajstić information content (AvgIpc) is 2.00. The van der Waals surface area contributed by atoms with Crippen LogP contribution in [0.2, 0.25) is 0 Å². The quantitative estimate of drug-likeness (QED) is 0.504. The molecule has 7 nitrogen and oxygen atoms in total. The first kappa shape index (κ1) is 15.8. The summed E-state index contributed by atoms with van der Waals surface area (Å²) in [5.41, 5.74) is -3.34. The molecule has 0 radical (unpaired) electrons. The zero-order valence-corrected chi connectivity index (χ0v) is 10.6. The van der Waals surface area contributed by atoms with Gasteiger partial charge in [-0.2, -0.15) is 0 Å². The van der Waals surface area contributed by atoms with Gasteiger partial charge in [0.25, 0.3) is 0 Å². The third kappa shape index (κ3) is 4.74. The molecule has 0 saturated carbocycles. The summed E-state index contributed by atoms with van der Waals surface area (Å²) >= 11 is 0. The van der Waals surface area contributed by atoms with Gasteiger partial charge in [-0.3, -0.25) is 0 Å². The lowest BCUT2D eigenvalue weighted by Crippen LogP contribution is -2.35. The minimum atomic E-state index is -3.94. The molecule has 2 atom stereocenters. The molecule has 2 unspecified atom stereocenters. The van der Waals surface area contributed by atoms with E-state index in [9.17, 15) is 21.9 Å². The lowest BCUT2D eigenvalue weighted by Gasteiger charge is -2.14. The molecule has 9 heteroatoms. The van der Waals surface area contributed by atoms with Crippen LogP contribution in [0.1, 0.15) is 13.8 Å². The molecular weight excluding hydrogens is 260 g/mol. The Labute approximate surface area is 94.6 Å².